The van der Waals surface area contributed by atoms with Crippen molar-refractivity contribution in [2.45, 2.75) is 31.7 Å². The molecule has 2 N–H and O–H groups in total. The van der Waals surface area contributed by atoms with E-state index in [1.807, 2.05) is 32.9 Å². The minimum atomic E-state index is -0.283. The van der Waals surface area contributed by atoms with Gasteiger partial charge in [0, 0.05) is 17.1 Å². The molecule has 1 aromatic heterocycles. The van der Waals surface area contributed by atoms with Gasteiger partial charge < -0.3 is 10.4 Å². The predicted octanol–water partition coefficient (Wildman–Crippen LogP) is 3.76. The van der Waals surface area contributed by atoms with Gasteiger partial charge in [0.05, 0.1) is 5.38 Å². The SMILES string of the molecule is CC(Cl)C(C)(C)Nc1nccc2ccc(O)cc12. The molecule has 1 atom stereocenters. The van der Waals surface area contributed by atoms with Gasteiger partial charge in [-0.15, -0.1) is 11.6 Å². The molecule has 2 aromatic rings. The standard InChI is InChI=1S/C14H17ClN2O/c1-9(15)14(2,3)17-13-12-8-11(18)5-4-10(12)6-7-16-13/h4-9,18H,1-3H3,(H,16,17). The molecule has 1 heterocycles. The zero-order valence-electron chi connectivity index (χ0n) is 10.7. The molecular formula is C14H17ClN2O. The minimum absolute atomic E-state index is 0.0492. The highest BCUT2D eigenvalue weighted by Gasteiger charge is 2.24. The topological polar surface area (TPSA) is 45.2 Å². The maximum atomic E-state index is 9.58. The van der Waals surface area contributed by atoms with Gasteiger partial charge >= 0.3 is 0 Å². The molecule has 0 saturated heterocycles. The third-order valence-corrected chi connectivity index (χ3v) is 3.73. The first-order valence-corrected chi connectivity index (χ1v) is 6.34. The molecule has 0 aliphatic heterocycles. The Labute approximate surface area is 112 Å². The zero-order valence-corrected chi connectivity index (χ0v) is 11.5. The van der Waals surface area contributed by atoms with Crippen molar-refractivity contribution in [3.63, 3.8) is 0 Å². The number of benzene rings is 1. The van der Waals surface area contributed by atoms with E-state index in [9.17, 15) is 5.11 Å². The average Bonchev–Trinajstić information content (AvgIpc) is 2.29. The number of alkyl halides is 1. The van der Waals surface area contributed by atoms with E-state index < -0.39 is 0 Å². The van der Waals surface area contributed by atoms with Crippen molar-refractivity contribution >= 4 is 28.2 Å². The van der Waals surface area contributed by atoms with E-state index in [2.05, 4.69) is 10.3 Å². The number of aromatic hydroxyl groups is 1. The number of hydrogen-bond donors (Lipinski definition) is 2. The first-order valence-electron chi connectivity index (χ1n) is 5.90. The molecule has 18 heavy (non-hydrogen) atoms. The molecule has 3 nitrogen and oxygen atoms in total. The van der Waals surface area contributed by atoms with Crippen LogP contribution >= 0.6 is 11.6 Å². The lowest BCUT2D eigenvalue weighted by Crippen LogP contribution is -2.39. The highest BCUT2D eigenvalue weighted by atomic mass is 35.5. The van der Waals surface area contributed by atoms with Crippen LogP contribution in [0.3, 0.4) is 0 Å². The molecule has 0 spiro atoms. The Hall–Kier alpha value is -1.48. The number of nitrogens with one attached hydrogen (secondary N) is 1. The van der Waals surface area contributed by atoms with Gasteiger partial charge in [-0.1, -0.05) is 6.07 Å². The number of rotatable bonds is 3. The Morgan fingerprint density at radius 2 is 2.06 bits per heavy atom. The highest BCUT2D eigenvalue weighted by Crippen LogP contribution is 2.28. The number of phenolic OH excluding ortho intramolecular Hbond substituents is 1. The molecule has 0 amide bonds. The number of nitrogens with zero attached hydrogens (tertiary/aromatic N) is 1. The van der Waals surface area contributed by atoms with Crippen molar-refractivity contribution in [2.24, 2.45) is 0 Å². The molecular weight excluding hydrogens is 248 g/mol. The van der Waals surface area contributed by atoms with Crippen molar-refractivity contribution in [3.05, 3.63) is 30.5 Å². The molecule has 0 aliphatic rings. The quantitative estimate of drug-likeness (QED) is 0.830. The van der Waals surface area contributed by atoms with Crippen LogP contribution in [0.4, 0.5) is 5.82 Å². The average molecular weight is 265 g/mol. The number of anilines is 1. The van der Waals surface area contributed by atoms with Gasteiger partial charge in [0.2, 0.25) is 0 Å². The molecule has 0 fully saturated rings. The second kappa shape index (κ2) is 4.65. The number of aromatic nitrogens is 1. The molecule has 2 rings (SSSR count). The van der Waals surface area contributed by atoms with Gasteiger partial charge in [0.15, 0.2) is 0 Å². The van der Waals surface area contributed by atoms with Gasteiger partial charge in [-0.05, 0) is 44.4 Å². The zero-order chi connectivity index (χ0) is 13.3. The van der Waals surface area contributed by atoms with Gasteiger partial charge in [0.1, 0.15) is 11.6 Å². The lowest BCUT2D eigenvalue weighted by Gasteiger charge is -2.30. The van der Waals surface area contributed by atoms with Gasteiger partial charge in [-0.25, -0.2) is 4.98 Å². The van der Waals surface area contributed by atoms with Crippen LogP contribution in [0.25, 0.3) is 10.8 Å². The third kappa shape index (κ3) is 2.51. The summed E-state index contributed by atoms with van der Waals surface area (Å²) in [4.78, 5) is 4.33. The molecule has 0 saturated carbocycles. The minimum Gasteiger partial charge on any atom is -0.508 e. The van der Waals surface area contributed by atoms with Crippen LogP contribution in [-0.2, 0) is 0 Å². The molecule has 1 unspecified atom stereocenters. The third-order valence-electron chi connectivity index (χ3n) is 3.18. The summed E-state index contributed by atoms with van der Waals surface area (Å²) in [6.45, 7) is 5.99. The molecule has 96 valence electrons. The maximum Gasteiger partial charge on any atom is 0.134 e. The Bertz CT molecular complexity index is 567. The van der Waals surface area contributed by atoms with Crippen LogP contribution in [0.5, 0.6) is 5.75 Å². The summed E-state index contributed by atoms with van der Waals surface area (Å²) in [5, 5.41) is 14.8. The Kier molecular flexibility index (Phi) is 3.35. The fourth-order valence-electron chi connectivity index (χ4n) is 1.66. The molecule has 0 aliphatic carbocycles. The smallest absolute Gasteiger partial charge is 0.134 e. The monoisotopic (exact) mass is 264 g/mol. The summed E-state index contributed by atoms with van der Waals surface area (Å²) in [5.41, 5.74) is -0.283. The molecule has 1 aromatic carbocycles. The number of hydrogen-bond acceptors (Lipinski definition) is 3. The van der Waals surface area contributed by atoms with Gasteiger partial charge in [-0.2, -0.15) is 0 Å². The van der Waals surface area contributed by atoms with E-state index >= 15 is 0 Å². The Balaban J connectivity index is 2.48. The Morgan fingerprint density at radius 1 is 1.33 bits per heavy atom. The highest BCUT2D eigenvalue weighted by molar-refractivity contribution is 6.21. The van der Waals surface area contributed by atoms with E-state index in [1.54, 1.807) is 18.3 Å². The molecule has 4 heteroatoms. The summed E-state index contributed by atoms with van der Waals surface area (Å²) in [7, 11) is 0. The van der Waals surface area contributed by atoms with Crippen LogP contribution in [0.2, 0.25) is 0 Å². The van der Waals surface area contributed by atoms with E-state index in [1.165, 1.54) is 0 Å². The number of fused-ring (bicyclic) bond motifs is 1. The van der Waals surface area contributed by atoms with Crippen LogP contribution < -0.4 is 5.32 Å². The second-order valence-corrected chi connectivity index (χ2v) is 5.68. The summed E-state index contributed by atoms with van der Waals surface area (Å²) in [5.74, 6) is 0.969. The van der Waals surface area contributed by atoms with E-state index in [0.29, 0.717) is 0 Å². The summed E-state index contributed by atoms with van der Waals surface area (Å²) >= 11 is 6.16. The van der Waals surface area contributed by atoms with E-state index in [-0.39, 0.29) is 16.7 Å². The van der Waals surface area contributed by atoms with E-state index in [4.69, 9.17) is 11.6 Å². The van der Waals surface area contributed by atoms with Crippen molar-refractivity contribution in [1.29, 1.82) is 0 Å². The van der Waals surface area contributed by atoms with E-state index in [0.717, 1.165) is 16.6 Å². The lowest BCUT2D eigenvalue weighted by molar-refractivity contribution is 0.476. The molecule has 0 bridgehead atoms. The summed E-state index contributed by atoms with van der Waals surface area (Å²) < 4.78 is 0. The largest absolute Gasteiger partial charge is 0.508 e. The fourth-order valence-corrected chi connectivity index (χ4v) is 1.72. The normalized spacial score (nSPS) is 13.6. The van der Waals surface area contributed by atoms with Gasteiger partial charge in [-0.3, -0.25) is 0 Å². The second-order valence-electron chi connectivity index (χ2n) is 5.03. The first kappa shape index (κ1) is 13.0. The first-order chi connectivity index (χ1) is 8.40. The summed E-state index contributed by atoms with van der Waals surface area (Å²) in [6, 6.07) is 7.16. The fraction of sp³-hybridized carbons (Fsp3) is 0.357. The van der Waals surface area contributed by atoms with Crippen molar-refractivity contribution in [1.82, 2.24) is 4.98 Å². The Morgan fingerprint density at radius 3 is 2.72 bits per heavy atom. The lowest BCUT2D eigenvalue weighted by atomic mass is 10.0. The van der Waals surface area contributed by atoms with Crippen LogP contribution in [-0.4, -0.2) is 21.0 Å². The number of phenols is 1. The van der Waals surface area contributed by atoms with Crippen molar-refractivity contribution in [3.8, 4) is 5.75 Å². The number of halogens is 1. The number of pyridine rings is 1. The van der Waals surface area contributed by atoms with Gasteiger partial charge in [0.25, 0.3) is 0 Å². The maximum absolute atomic E-state index is 9.58. The van der Waals surface area contributed by atoms with Crippen LogP contribution in [0.15, 0.2) is 30.5 Å². The van der Waals surface area contributed by atoms with Crippen LogP contribution in [0.1, 0.15) is 20.8 Å². The summed E-state index contributed by atoms with van der Waals surface area (Å²) in [6.07, 6.45) is 1.75. The van der Waals surface area contributed by atoms with Crippen molar-refractivity contribution < 1.29 is 5.11 Å². The van der Waals surface area contributed by atoms with Crippen molar-refractivity contribution in [2.75, 3.05) is 5.32 Å². The molecule has 0 radical (unpaired) electrons. The van der Waals surface area contributed by atoms with Crippen LogP contribution in [0, 0.1) is 0 Å². The predicted molar refractivity (Wildman–Crippen MR) is 76.4 cm³/mol.